The fourth-order valence-corrected chi connectivity index (χ4v) is 1.85. The van der Waals surface area contributed by atoms with E-state index in [9.17, 15) is 9.90 Å². The minimum absolute atomic E-state index is 0.00793. The summed E-state index contributed by atoms with van der Waals surface area (Å²) in [4.78, 5) is 11.9. The highest BCUT2D eigenvalue weighted by atomic mass is 35.5. The van der Waals surface area contributed by atoms with Gasteiger partial charge in [0.25, 0.3) is 5.91 Å². The van der Waals surface area contributed by atoms with Crippen LogP contribution in [0.1, 0.15) is 37.0 Å². The third kappa shape index (κ3) is 4.57. The molecule has 1 aromatic carbocycles. The van der Waals surface area contributed by atoms with Crippen molar-refractivity contribution < 1.29 is 9.90 Å². The summed E-state index contributed by atoms with van der Waals surface area (Å²) >= 11 is 5.67. The van der Waals surface area contributed by atoms with Crippen molar-refractivity contribution in [2.24, 2.45) is 5.41 Å². The predicted octanol–water partition coefficient (Wildman–Crippen LogP) is 3.17. The molecule has 0 aliphatic rings. The SMILES string of the molecule is CC(C)(CCCCl)CNC(=O)c1ccccc1O. The molecule has 0 fully saturated rings. The molecule has 0 saturated heterocycles. The van der Waals surface area contributed by atoms with Gasteiger partial charge >= 0.3 is 0 Å². The summed E-state index contributed by atoms with van der Waals surface area (Å²) in [5.41, 5.74) is 0.320. The standard InChI is InChI=1S/C14H20ClNO2/c1-14(2,8-5-9-15)10-16-13(18)11-6-3-4-7-12(11)17/h3-4,6-7,17H,5,8-10H2,1-2H3,(H,16,18). The summed E-state index contributed by atoms with van der Waals surface area (Å²) in [6.45, 7) is 4.74. The largest absolute Gasteiger partial charge is 0.507 e. The van der Waals surface area contributed by atoms with E-state index in [2.05, 4.69) is 19.2 Å². The fraction of sp³-hybridized carbons (Fsp3) is 0.500. The smallest absolute Gasteiger partial charge is 0.255 e. The molecule has 0 aliphatic carbocycles. The van der Waals surface area contributed by atoms with Gasteiger partial charge < -0.3 is 10.4 Å². The van der Waals surface area contributed by atoms with E-state index in [1.54, 1.807) is 18.2 Å². The van der Waals surface area contributed by atoms with Gasteiger partial charge in [0.2, 0.25) is 0 Å². The molecule has 0 aromatic heterocycles. The Morgan fingerprint density at radius 3 is 2.67 bits per heavy atom. The first-order chi connectivity index (χ1) is 8.46. The van der Waals surface area contributed by atoms with Crippen LogP contribution in [0.3, 0.4) is 0 Å². The van der Waals surface area contributed by atoms with Gasteiger partial charge in [0.1, 0.15) is 5.75 Å². The van der Waals surface area contributed by atoms with Gasteiger partial charge in [0, 0.05) is 12.4 Å². The Kier molecular flexibility index (Phi) is 5.48. The molecule has 0 aliphatic heterocycles. The number of rotatable bonds is 6. The predicted molar refractivity (Wildman–Crippen MR) is 74.2 cm³/mol. The number of amides is 1. The number of benzene rings is 1. The second-order valence-electron chi connectivity index (χ2n) is 5.16. The Morgan fingerprint density at radius 1 is 1.39 bits per heavy atom. The van der Waals surface area contributed by atoms with Crippen molar-refractivity contribution in [3.63, 3.8) is 0 Å². The average Bonchev–Trinajstić information content (AvgIpc) is 2.34. The number of hydrogen-bond acceptors (Lipinski definition) is 2. The van der Waals surface area contributed by atoms with E-state index in [-0.39, 0.29) is 17.1 Å². The Bertz CT molecular complexity index is 405. The maximum atomic E-state index is 11.9. The minimum Gasteiger partial charge on any atom is -0.507 e. The zero-order valence-corrected chi connectivity index (χ0v) is 11.6. The summed E-state index contributed by atoms with van der Waals surface area (Å²) in [5, 5.41) is 12.4. The zero-order chi connectivity index (χ0) is 13.6. The third-order valence-electron chi connectivity index (χ3n) is 2.86. The number of aromatic hydroxyl groups is 1. The van der Waals surface area contributed by atoms with Crippen LogP contribution in [-0.4, -0.2) is 23.4 Å². The molecule has 0 unspecified atom stereocenters. The number of phenols is 1. The van der Waals surface area contributed by atoms with Crippen LogP contribution in [0.25, 0.3) is 0 Å². The van der Waals surface area contributed by atoms with Gasteiger partial charge in [0.05, 0.1) is 5.56 Å². The highest BCUT2D eigenvalue weighted by Crippen LogP contribution is 2.22. The highest BCUT2D eigenvalue weighted by molar-refractivity contribution is 6.17. The van der Waals surface area contributed by atoms with Crippen LogP contribution >= 0.6 is 11.6 Å². The summed E-state index contributed by atoms with van der Waals surface area (Å²) in [6.07, 6.45) is 1.89. The summed E-state index contributed by atoms with van der Waals surface area (Å²) in [6, 6.07) is 6.54. The van der Waals surface area contributed by atoms with Crippen molar-refractivity contribution in [3.8, 4) is 5.75 Å². The molecule has 100 valence electrons. The van der Waals surface area contributed by atoms with Gasteiger partial charge in [-0.3, -0.25) is 4.79 Å². The van der Waals surface area contributed by atoms with E-state index in [4.69, 9.17) is 11.6 Å². The van der Waals surface area contributed by atoms with Gasteiger partial charge in [0.15, 0.2) is 0 Å². The molecule has 0 bridgehead atoms. The van der Waals surface area contributed by atoms with Crippen molar-refractivity contribution in [3.05, 3.63) is 29.8 Å². The van der Waals surface area contributed by atoms with Crippen molar-refractivity contribution >= 4 is 17.5 Å². The molecule has 0 spiro atoms. The van der Waals surface area contributed by atoms with E-state index >= 15 is 0 Å². The number of nitrogens with one attached hydrogen (secondary N) is 1. The lowest BCUT2D eigenvalue weighted by atomic mass is 9.88. The molecule has 18 heavy (non-hydrogen) atoms. The number of phenolic OH excluding ortho intramolecular Hbond substituents is 1. The van der Waals surface area contributed by atoms with Gasteiger partial charge in [-0.25, -0.2) is 0 Å². The molecule has 1 rings (SSSR count). The van der Waals surface area contributed by atoms with Gasteiger partial charge in [-0.2, -0.15) is 0 Å². The Labute approximate surface area is 113 Å². The Morgan fingerprint density at radius 2 is 2.06 bits per heavy atom. The lowest BCUT2D eigenvalue weighted by Gasteiger charge is -2.24. The molecule has 4 heteroatoms. The van der Waals surface area contributed by atoms with Crippen LogP contribution in [0.15, 0.2) is 24.3 Å². The molecule has 1 amide bonds. The lowest BCUT2D eigenvalue weighted by molar-refractivity contribution is 0.0932. The highest BCUT2D eigenvalue weighted by Gasteiger charge is 2.19. The van der Waals surface area contributed by atoms with Crippen molar-refractivity contribution in [2.75, 3.05) is 12.4 Å². The summed E-state index contributed by atoms with van der Waals surface area (Å²) in [5.74, 6) is 0.400. The van der Waals surface area contributed by atoms with E-state index in [1.165, 1.54) is 6.07 Å². The van der Waals surface area contributed by atoms with Gasteiger partial charge in [-0.1, -0.05) is 26.0 Å². The second-order valence-corrected chi connectivity index (χ2v) is 5.53. The summed E-state index contributed by atoms with van der Waals surface area (Å²) in [7, 11) is 0. The molecule has 1 aromatic rings. The van der Waals surface area contributed by atoms with Crippen LogP contribution in [0.2, 0.25) is 0 Å². The maximum Gasteiger partial charge on any atom is 0.255 e. The van der Waals surface area contributed by atoms with E-state index in [0.717, 1.165) is 12.8 Å². The van der Waals surface area contributed by atoms with E-state index in [1.807, 2.05) is 0 Å². The van der Waals surface area contributed by atoms with Crippen LogP contribution in [-0.2, 0) is 0 Å². The van der Waals surface area contributed by atoms with Crippen LogP contribution < -0.4 is 5.32 Å². The molecule has 0 heterocycles. The number of carbonyl (C=O) groups excluding carboxylic acids is 1. The number of hydrogen-bond donors (Lipinski definition) is 2. The zero-order valence-electron chi connectivity index (χ0n) is 10.9. The summed E-state index contributed by atoms with van der Waals surface area (Å²) < 4.78 is 0. The second kappa shape index (κ2) is 6.64. The quantitative estimate of drug-likeness (QED) is 0.780. The monoisotopic (exact) mass is 269 g/mol. The van der Waals surface area contributed by atoms with Gasteiger partial charge in [-0.05, 0) is 30.4 Å². The third-order valence-corrected chi connectivity index (χ3v) is 3.13. The number of para-hydroxylation sites is 1. The van der Waals surface area contributed by atoms with Crippen molar-refractivity contribution in [2.45, 2.75) is 26.7 Å². The average molecular weight is 270 g/mol. The minimum atomic E-state index is -0.243. The van der Waals surface area contributed by atoms with E-state index < -0.39 is 0 Å². The number of alkyl halides is 1. The van der Waals surface area contributed by atoms with E-state index in [0.29, 0.717) is 18.0 Å². The fourth-order valence-electron chi connectivity index (χ4n) is 1.71. The first kappa shape index (κ1) is 14.8. The molecular weight excluding hydrogens is 250 g/mol. The van der Waals surface area contributed by atoms with Crippen molar-refractivity contribution in [1.29, 1.82) is 0 Å². The first-order valence-corrected chi connectivity index (χ1v) is 6.62. The molecule has 3 nitrogen and oxygen atoms in total. The molecule has 2 N–H and O–H groups in total. The topological polar surface area (TPSA) is 49.3 Å². The molecule has 0 radical (unpaired) electrons. The Hall–Kier alpha value is -1.22. The Balaban J connectivity index is 2.54. The lowest BCUT2D eigenvalue weighted by Crippen LogP contribution is -2.34. The van der Waals surface area contributed by atoms with Crippen LogP contribution in [0.5, 0.6) is 5.75 Å². The first-order valence-electron chi connectivity index (χ1n) is 6.08. The van der Waals surface area contributed by atoms with Crippen LogP contribution in [0, 0.1) is 5.41 Å². The van der Waals surface area contributed by atoms with Crippen LogP contribution in [0.4, 0.5) is 0 Å². The maximum absolute atomic E-state index is 11.9. The molecular formula is C14H20ClNO2. The molecule has 0 atom stereocenters. The van der Waals surface area contributed by atoms with Gasteiger partial charge in [-0.15, -0.1) is 11.6 Å². The number of halogens is 1. The molecule has 0 saturated carbocycles. The van der Waals surface area contributed by atoms with Crippen molar-refractivity contribution in [1.82, 2.24) is 5.32 Å². The number of carbonyl (C=O) groups is 1. The normalized spacial score (nSPS) is 11.3.